The zero-order chi connectivity index (χ0) is 19.1. The number of carbonyl (C=O) groups excluding carboxylic acids is 2. The number of hydrogen-bond acceptors (Lipinski definition) is 2. The second kappa shape index (κ2) is 8.81. The Labute approximate surface area is 159 Å². The van der Waals surface area contributed by atoms with Gasteiger partial charge >= 0.3 is 11.8 Å². The van der Waals surface area contributed by atoms with Gasteiger partial charge in [0.25, 0.3) is 0 Å². The van der Waals surface area contributed by atoms with Crippen molar-refractivity contribution in [1.82, 2.24) is 5.32 Å². The maximum Gasteiger partial charge on any atom is 0.316 e. The van der Waals surface area contributed by atoms with Gasteiger partial charge in [-0.1, -0.05) is 78.4 Å². The molecule has 0 unspecified atom stereocenters. The molecular formula is C23H22N2O2. The van der Waals surface area contributed by atoms with Crippen LogP contribution in [0.1, 0.15) is 16.7 Å². The van der Waals surface area contributed by atoms with Crippen molar-refractivity contribution in [1.29, 1.82) is 0 Å². The van der Waals surface area contributed by atoms with Crippen molar-refractivity contribution in [3.63, 3.8) is 0 Å². The number of anilines is 1. The highest BCUT2D eigenvalue weighted by Gasteiger charge is 2.23. The Morgan fingerprint density at radius 1 is 0.815 bits per heavy atom. The topological polar surface area (TPSA) is 49.4 Å². The zero-order valence-electron chi connectivity index (χ0n) is 15.3. The molecule has 0 atom stereocenters. The number of nitrogens with zero attached hydrogens (tertiary/aromatic N) is 1. The second-order valence-electron chi connectivity index (χ2n) is 6.38. The highest BCUT2D eigenvalue weighted by atomic mass is 16.2. The van der Waals surface area contributed by atoms with Crippen LogP contribution in [0.15, 0.2) is 84.9 Å². The smallest absolute Gasteiger partial charge is 0.316 e. The number of aryl methyl sites for hydroxylation is 1. The Hall–Kier alpha value is -3.40. The van der Waals surface area contributed by atoms with Crippen LogP contribution in [0.25, 0.3) is 0 Å². The van der Waals surface area contributed by atoms with Crippen molar-refractivity contribution in [3.8, 4) is 0 Å². The van der Waals surface area contributed by atoms with E-state index in [1.165, 1.54) is 4.90 Å². The van der Waals surface area contributed by atoms with E-state index in [-0.39, 0.29) is 0 Å². The van der Waals surface area contributed by atoms with Gasteiger partial charge in [0.05, 0.1) is 6.54 Å². The van der Waals surface area contributed by atoms with Gasteiger partial charge in [0.1, 0.15) is 0 Å². The Balaban J connectivity index is 1.74. The van der Waals surface area contributed by atoms with Gasteiger partial charge in [-0.2, -0.15) is 0 Å². The molecule has 0 aliphatic carbocycles. The number of para-hydroxylation sites is 1. The molecule has 2 amide bonds. The van der Waals surface area contributed by atoms with Gasteiger partial charge in [0.15, 0.2) is 0 Å². The molecule has 0 saturated carbocycles. The van der Waals surface area contributed by atoms with Crippen LogP contribution in [0.5, 0.6) is 0 Å². The first kappa shape index (κ1) is 18.4. The molecule has 0 aromatic heterocycles. The summed E-state index contributed by atoms with van der Waals surface area (Å²) in [5.74, 6) is -1.19. The minimum absolute atomic E-state index is 0.320. The van der Waals surface area contributed by atoms with Gasteiger partial charge < -0.3 is 5.32 Å². The van der Waals surface area contributed by atoms with Crippen LogP contribution < -0.4 is 10.2 Å². The summed E-state index contributed by atoms with van der Waals surface area (Å²) in [6.45, 7) is 2.65. The molecule has 0 spiro atoms. The number of hydrogen-bond donors (Lipinski definition) is 1. The maximum atomic E-state index is 12.9. The van der Waals surface area contributed by atoms with Crippen LogP contribution in [0.3, 0.4) is 0 Å². The lowest BCUT2D eigenvalue weighted by Gasteiger charge is -2.22. The molecule has 0 fully saturated rings. The molecule has 136 valence electrons. The summed E-state index contributed by atoms with van der Waals surface area (Å²) in [4.78, 5) is 26.9. The summed E-state index contributed by atoms with van der Waals surface area (Å²) in [5, 5.41) is 2.73. The van der Waals surface area contributed by atoms with E-state index in [1.807, 2.05) is 91.9 Å². The molecule has 0 saturated heterocycles. The Bertz CT molecular complexity index is 908. The molecular weight excluding hydrogens is 336 g/mol. The number of amides is 2. The van der Waals surface area contributed by atoms with Gasteiger partial charge in [0.2, 0.25) is 0 Å². The van der Waals surface area contributed by atoms with Gasteiger partial charge in [-0.05, 0) is 30.2 Å². The first-order valence-electron chi connectivity index (χ1n) is 8.88. The number of rotatable bonds is 5. The summed E-state index contributed by atoms with van der Waals surface area (Å²) >= 11 is 0. The van der Waals surface area contributed by atoms with E-state index in [0.29, 0.717) is 18.8 Å². The van der Waals surface area contributed by atoms with E-state index >= 15 is 0 Å². The standard InChI is InChI=1S/C23H22N2O2/c1-18-9-8-12-20(15-18)16-24-22(26)23(27)25(21-13-6-3-7-14-21)17-19-10-4-2-5-11-19/h2-15H,16-17H2,1H3,(H,24,26). The molecule has 3 rings (SSSR count). The lowest BCUT2D eigenvalue weighted by molar-refractivity contribution is -0.137. The van der Waals surface area contributed by atoms with E-state index in [0.717, 1.165) is 16.7 Å². The summed E-state index contributed by atoms with van der Waals surface area (Å²) < 4.78 is 0. The van der Waals surface area contributed by atoms with Crippen molar-refractivity contribution < 1.29 is 9.59 Å². The predicted octanol–water partition coefficient (Wildman–Crippen LogP) is 3.84. The molecule has 3 aromatic rings. The van der Waals surface area contributed by atoms with Gasteiger partial charge in [0, 0.05) is 12.2 Å². The van der Waals surface area contributed by atoms with E-state index in [1.54, 1.807) is 0 Å². The lowest BCUT2D eigenvalue weighted by atomic mass is 10.1. The third kappa shape index (κ3) is 5.05. The molecule has 0 aliphatic heterocycles. The molecule has 4 nitrogen and oxygen atoms in total. The molecule has 4 heteroatoms. The van der Waals surface area contributed by atoms with Crippen LogP contribution in [0.4, 0.5) is 5.69 Å². The van der Waals surface area contributed by atoms with E-state index in [4.69, 9.17) is 0 Å². The van der Waals surface area contributed by atoms with Crippen LogP contribution in [0.2, 0.25) is 0 Å². The van der Waals surface area contributed by atoms with E-state index < -0.39 is 11.8 Å². The summed E-state index contributed by atoms with van der Waals surface area (Å²) in [6, 6.07) is 26.7. The fourth-order valence-corrected chi connectivity index (χ4v) is 2.86. The average Bonchev–Trinajstić information content (AvgIpc) is 2.71. The Kier molecular flexibility index (Phi) is 6.00. The number of carbonyl (C=O) groups is 2. The largest absolute Gasteiger partial charge is 0.344 e. The summed E-state index contributed by atoms with van der Waals surface area (Å²) in [6.07, 6.45) is 0. The van der Waals surface area contributed by atoms with Crippen LogP contribution in [-0.4, -0.2) is 11.8 Å². The van der Waals surface area contributed by atoms with Gasteiger partial charge in [-0.3, -0.25) is 14.5 Å². The number of nitrogens with one attached hydrogen (secondary N) is 1. The van der Waals surface area contributed by atoms with E-state index in [9.17, 15) is 9.59 Å². The normalized spacial score (nSPS) is 10.3. The minimum atomic E-state index is -0.615. The van der Waals surface area contributed by atoms with Crippen LogP contribution in [0, 0.1) is 6.92 Å². The first-order chi connectivity index (χ1) is 13.1. The first-order valence-corrected chi connectivity index (χ1v) is 8.88. The molecule has 0 radical (unpaired) electrons. The molecule has 0 bridgehead atoms. The third-order valence-electron chi connectivity index (χ3n) is 4.23. The monoisotopic (exact) mass is 358 g/mol. The second-order valence-corrected chi connectivity index (χ2v) is 6.38. The van der Waals surface area contributed by atoms with Crippen molar-refractivity contribution in [2.45, 2.75) is 20.0 Å². The molecule has 27 heavy (non-hydrogen) atoms. The fraction of sp³-hybridized carbons (Fsp3) is 0.130. The zero-order valence-corrected chi connectivity index (χ0v) is 15.3. The highest BCUT2D eigenvalue weighted by Crippen LogP contribution is 2.17. The third-order valence-corrected chi connectivity index (χ3v) is 4.23. The molecule has 1 N–H and O–H groups in total. The Morgan fingerprint density at radius 3 is 2.11 bits per heavy atom. The van der Waals surface area contributed by atoms with E-state index in [2.05, 4.69) is 5.32 Å². The van der Waals surface area contributed by atoms with Crippen LogP contribution in [-0.2, 0) is 22.7 Å². The van der Waals surface area contributed by atoms with Crippen LogP contribution >= 0.6 is 0 Å². The van der Waals surface area contributed by atoms with Crippen molar-refractivity contribution in [2.24, 2.45) is 0 Å². The Morgan fingerprint density at radius 2 is 1.44 bits per heavy atom. The SMILES string of the molecule is Cc1cccc(CNC(=O)C(=O)N(Cc2ccccc2)c2ccccc2)c1. The lowest BCUT2D eigenvalue weighted by Crippen LogP contribution is -2.42. The van der Waals surface area contributed by atoms with Gasteiger partial charge in [-0.25, -0.2) is 0 Å². The minimum Gasteiger partial charge on any atom is -0.344 e. The highest BCUT2D eigenvalue weighted by molar-refractivity contribution is 6.40. The predicted molar refractivity (Wildman–Crippen MR) is 107 cm³/mol. The quantitative estimate of drug-likeness (QED) is 0.705. The number of benzene rings is 3. The summed E-state index contributed by atoms with van der Waals surface area (Å²) in [7, 11) is 0. The molecule has 3 aromatic carbocycles. The van der Waals surface area contributed by atoms with Crippen molar-refractivity contribution >= 4 is 17.5 Å². The van der Waals surface area contributed by atoms with Gasteiger partial charge in [-0.15, -0.1) is 0 Å². The molecule has 0 aliphatic rings. The fourth-order valence-electron chi connectivity index (χ4n) is 2.86. The molecule has 0 heterocycles. The maximum absolute atomic E-state index is 12.9. The van der Waals surface area contributed by atoms with Crippen molar-refractivity contribution in [2.75, 3.05) is 4.90 Å². The average molecular weight is 358 g/mol. The summed E-state index contributed by atoms with van der Waals surface area (Å²) in [5.41, 5.74) is 3.73. The van der Waals surface area contributed by atoms with Crippen molar-refractivity contribution in [3.05, 3.63) is 102 Å².